The molecule has 0 aromatic heterocycles. The molecule has 0 bridgehead atoms. The summed E-state index contributed by atoms with van der Waals surface area (Å²) in [7, 11) is 0. The molecule has 75 heavy (non-hydrogen) atoms. The lowest BCUT2D eigenvalue weighted by Crippen LogP contribution is -2.65. The molecule has 14 nitrogen and oxygen atoms in total. The third-order valence-corrected chi connectivity index (χ3v) is 14.8. The molecule has 0 radical (unpaired) electrons. The van der Waals surface area contributed by atoms with Gasteiger partial charge in [-0.3, -0.25) is 4.79 Å². The molecule has 9 N–H and O–H groups in total. The molecule has 0 spiro atoms. The molecule has 438 valence electrons. The predicted molar refractivity (Wildman–Crippen MR) is 300 cm³/mol. The van der Waals surface area contributed by atoms with Gasteiger partial charge in [-0.2, -0.15) is 0 Å². The van der Waals surface area contributed by atoms with E-state index in [1.54, 1.807) is 0 Å². The lowest BCUT2D eigenvalue weighted by Gasteiger charge is -2.46. The lowest BCUT2D eigenvalue weighted by atomic mass is 9.97. The zero-order valence-electron chi connectivity index (χ0n) is 47.0. The smallest absolute Gasteiger partial charge is 0.220 e. The Bertz CT molecular complexity index is 1440. The fourth-order valence-electron chi connectivity index (χ4n) is 9.94. The average molecular weight is 1070 g/mol. The minimum Gasteiger partial charge on any atom is -0.394 e. The Morgan fingerprint density at radius 2 is 0.920 bits per heavy atom. The molecule has 2 fully saturated rings. The zero-order chi connectivity index (χ0) is 54.6. The summed E-state index contributed by atoms with van der Waals surface area (Å²) in [4.78, 5) is 13.3. The highest BCUT2D eigenvalue weighted by atomic mass is 16.7. The molecule has 1 amide bonds. The molecule has 2 aliphatic rings. The van der Waals surface area contributed by atoms with Crippen molar-refractivity contribution in [1.29, 1.82) is 0 Å². The fraction of sp³-hybridized carbons (Fsp3) is 0.852. The molecule has 14 heteroatoms. The summed E-state index contributed by atoms with van der Waals surface area (Å²) in [6.07, 6.45) is 41.1. The predicted octanol–water partition coefficient (Wildman–Crippen LogP) is 10.4. The third kappa shape index (κ3) is 32.6. The summed E-state index contributed by atoms with van der Waals surface area (Å²) < 4.78 is 22.8. The van der Waals surface area contributed by atoms with E-state index in [9.17, 15) is 45.6 Å². The molecular formula is C61H111NO13. The number of hydrogen-bond donors (Lipinski definition) is 9. The largest absolute Gasteiger partial charge is 0.394 e. The van der Waals surface area contributed by atoms with Crippen molar-refractivity contribution in [2.24, 2.45) is 0 Å². The number of hydrogen-bond acceptors (Lipinski definition) is 13. The van der Waals surface area contributed by atoms with E-state index < -0.39 is 86.8 Å². The monoisotopic (exact) mass is 1070 g/mol. The lowest BCUT2D eigenvalue weighted by molar-refractivity contribution is -0.359. The standard InChI is InChI=1S/C61H111NO13/c1-3-5-7-9-11-13-15-17-19-20-21-22-23-24-25-26-27-28-29-30-31-33-35-37-39-41-43-45-53(66)62-49(50(65)44-42-40-38-36-34-32-18-16-14-12-10-8-6-4-2)48-72-60-58(71)56(69)59(52(47-64)74-60)75-61-57(70)55(68)54(67)51(46-63)73-61/h5,7,11,13,17,19,21-22,49-52,54-61,63-65,67-71H,3-4,6,8-10,12,14-16,18,20,23-48H2,1-2H3,(H,62,66)/b7-5-,13-11-,19-17-,22-21-. The van der Waals surface area contributed by atoms with Crippen LogP contribution in [0.15, 0.2) is 48.6 Å². The molecule has 12 atom stereocenters. The van der Waals surface area contributed by atoms with Crippen LogP contribution in [0, 0.1) is 0 Å². The Labute approximate surface area is 454 Å². The number of carbonyl (C=O) groups excluding carboxylic acids is 1. The van der Waals surface area contributed by atoms with E-state index in [1.807, 2.05) is 0 Å². The molecule has 0 saturated carbocycles. The van der Waals surface area contributed by atoms with Gasteiger partial charge in [-0.1, -0.05) is 229 Å². The first-order chi connectivity index (χ1) is 36.6. The summed E-state index contributed by atoms with van der Waals surface area (Å²) in [5, 5.41) is 87.2. The van der Waals surface area contributed by atoms with E-state index in [2.05, 4.69) is 67.8 Å². The van der Waals surface area contributed by atoms with Crippen molar-refractivity contribution in [3.63, 3.8) is 0 Å². The Balaban J connectivity index is 1.70. The van der Waals surface area contributed by atoms with Crippen LogP contribution >= 0.6 is 0 Å². The van der Waals surface area contributed by atoms with Gasteiger partial charge in [0, 0.05) is 6.42 Å². The first-order valence-electron chi connectivity index (χ1n) is 30.4. The topological polar surface area (TPSA) is 228 Å². The molecular weight excluding hydrogens is 955 g/mol. The van der Waals surface area contributed by atoms with Crippen LogP contribution in [0.1, 0.15) is 239 Å². The molecule has 2 rings (SSSR count). The van der Waals surface area contributed by atoms with E-state index in [1.165, 1.54) is 135 Å². The van der Waals surface area contributed by atoms with E-state index in [0.29, 0.717) is 12.8 Å². The van der Waals surface area contributed by atoms with E-state index in [-0.39, 0.29) is 12.5 Å². The summed E-state index contributed by atoms with van der Waals surface area (Å²) in [5.74, 6) is -0.208. The van der Waals surface area contributed by atoms with Gasteiger partial charge in [0.15, 0.2) is 12.6 Å². The quantitative estimate of drug-likeness (QED) is 0.0204. The minimum absolute atomic E-state index is 0.208. The minimum atomic E-state index is -1.78. The number of ether oxygens (including phenoxy) is 4. The SMILES string of the molecule is CC/C=C\C/C=C\C/C=C\C/C=C\CCCCCCCCCCCCCCCCC(=O)NC(COC1OC(CO)C(OC2OC(CO)C(O)C(O)C2O)C(O)C1O)C(O)CCCCCCCCCCCCCCCC. The van der Waals surface area contributed by atoms with Gasteiger partial charge in [0.2, 0.25) is 5.91 Å². The van der Waals surface area contributed by atoms with E-state index in [0.717, 1.165) is 77.0 Å². The van der Waals surface area contributed by atoms with Crippen LogP contribution in [-0.4, -0.2) is 140 Å². The van der Waals surface area contributed by atoms with Gasteiger partial charge in [0.05, 0.1) is 32.0 Å². The number of aliphatic hydroxyl groups excluding tert-OH is 8. The highest BCUT2D eigenvalue weighted by Crippen LogP contribution is 2.30. The summed E-state index contributed by atoms with van der Waals surface area (Å²) in [6, 6.07) is -0.829. The Hall–Kier alpha value is -2.05. The van der Waals surface area contributed by atoms with Crippen LogP contribution < -0.4 is 5.32 Å². The van der Waals surface area contributed by atoms with E-state index >= 15 is 0 Å². The highest BCUT2D eigenvalue weighted by molar-refractivity contribution is 5.76. The maximum Gasteiger partial charge on any atom is 0.220 e. The highest BCUT2D eigenvalue weighted by Gasteiger charge is 2.51. The molecule has 0 aromatic carbocycles. The van der Waals surface area contributed by atoms with Crippen molar-refractivity contribution >= 4 is 5.91 Å². The van der Waals surface area contributed by atoms with Gasteiger partial charge in [-0.25, -0.2) is 0 Å². The maximum absolute atomic E-state index is 13.3. The van der Waals surface area contributed by atoms with Crippen molar-refractivity contribution in [3.8, 4) is 0 Å². The van der Waals surface area contributed by atoms with Gasteiger partial charge in [-0.05, 0) is 51.4 Å². The molecule has 2 heterocycles. The number of unbranched alkanes of at least 4 members (excludes halogenated alkanes) is 27. The number of allylic oxidation sites excluding steroid dienone is 8. The van der Waals surface area contributed by atoms with Crippen LogP contribution in [0.5, 0.6) is 0 Å². The van der Waals surface area contributed by atoms with Crippen molar-refractivity contribution in [3.05, 3.63) is 48.6 Å². The normalized spacial score (nSPS) is 25.4. The first kappa shape index (κ1) is 69.1. The second kappa shape index (κ2) is 46.8. The van der Waals surface area contributed by atoms with Gasteiger partial charge < -0.3 is 65.1 Å². The van der Waals surface area contributed by atoms with Crippen molar-refractivity contribution < 1.29 is 64.6 Å². The molecule has 2 saturated heterocycles. The summed E-state index contributed by atoms with van der Waals surface area (Å²) in [6.45, 7) is 2.76. The van der Waals surface area contributed by atoms with Gasteiger partial charge in [0.1, 0.15) is 48.8 Å². The van der Waals surface area contributed by atoms with Gasteiger partial charge in [-0.15, -0.1) is 0 Å². The molecule has 0 aliphatic carbocycles. The van der Waals surface area contributed by atoms with Crippen molar-refractivity contribution in [1.82, 2.24) is 5.32 Å². The van der Waals surface area contributed by atoms with Crippen LogP contribution in [0.25, 0.3) is 0 Å². The van der Waals surface area contributed by atoms with Crippen LogP contribution in [0.4, 0.5) is 0 Å². The number of amides is 1. The van der Waals surface area contributed by atoms with Gasteiger partial charge in [0.25, 0.3) is 0 Å². The summed E-state index contributed by atoms with van der Waals surface area (Å²) >= 11 is 0. The fourth-order valence-corrected chi connectivity index (χ4v) is 9.94. The second-order valence-corrected chi connectivity index (χ2v) is 21.5. The Kier molecular flexibility index (Phi) is 43.1. The van der Waals surface area contributed by atoms with Crippen molar-refractivity contribution in [2.45, 2.75) is 312 Å². The van der Waals surface area contributed by atoms with Crippen molar-refractivity contribution in [2.75, 3.05) is 19.8 Å². The van der Waals surface area contributed by atoms with Crippen LogP contribution in [0.2, 0.25) is 0 Å². The first-order valence-corrected chi connectivity index (χ1v) is 30.4. The van der Waals surface area contributed by atoms with Crippen LogP contribution in [0.3, 0.4) is 0 Å². The number of rotatable bonds is 48. The van der Waals surface area contributed by atoms with Gasteiger partial charge >= 0.3 is 0 Å². The Morgan fingerprint density at radius 1 is 0.493 bits per heavy atom. The number of aliphatic hydroxyl groups is 8. The van der Waals surface area contributed by atoms with Crippen LogP contribution in [-0.2, 0) is 23.7 Å². The third-order valence-electron chi connectivity index (χ3n) is 14.8. The zero-order valence-corrected chi connectivity index (χ0v) is 47.0. The molecule has 0 aromatic rings. The Morgan fingerprint density at radius 3 is 1.41 bits per heavy atom. The average Bonchev–Trinajstić information content (AvgIpc) is 3.41. The molecule has 2 aliphatic heterocycles. The molecule has 12 unspecified atom stereocenters. The summed E-state index contributed by atoms with van der Waals surface area (Å²) in [5.41, 5.74) is 0. The maximum atomic E-state index is 13.3. The van der Waals surface area contributed by atoms with E-state index in [4.69, 9.17) is 18.9 Å². The number of carbonyl (C=O) groups is 1. The second-order valence-electron chi connectivity index (χ2n) is 21.5. The number of nitrogens with one attached hydrogen (secondary N) is 1.